The first kappa shape index (κ1) is 14.4. The lowest BCUT2D eigenvalue weighted by Gasteiger charge is -2.38. The van der Waals surface area contributed by atoms with Crippen molar-refractivity contribution in [3.63, 3.8) is 0 Å². The molecule has 3 heteroatoms. The minimum Gasteiger partial charge on any atom is -0.374 e. The topological polar surface area (TPSA) is 47.3 Å². The van der Waals surface area contributed by atoms with Gasteiger partial charge in [0.05, 0.1) is 11.6 Å². The number of hydrogen-bond donors (Lipinski definition) is 2. The van der Waals surface area contributed by atoms with Crippen LogP contribution in [0.4, 0.5) is 0 Å². The molecule has 0 bridgehead atoms. The van der Waals surface area contributed by atoms with Gasteiger partial charge in [-0.05, 0) is 26.7 Å². The molecule has 0 saturated carbocycles. The van der Waals surface area contributed by atoms with Gasteiger partial charge in [-0.25, -0.2) is 0 Å². The van der Waals surface area contributed by atoms with E-state index in [0.29, 0.717) is 6.61 Å². The van der Waals surface area contributed by atoms with Crippen molar-refractivity contribution in [3.8, 4) is 11.8 Å². The first-order chi connectivity index (χ1) is 7.20. The minimum atomic E-state index is -0.187. The van der Waals surface area contributed by atoms with Crippen molar-refractivity contribution < 1.29 is 4.74 Å². The first-order valence-electron chi connectivity index (χ1n) is 5.70. The van der Waals surface area contributed by atoms with E-state index in [4.69, 9.17) is 10.6 Å². The van der Waals surface area contributed by atoms with Gasteiger partial charge in [-0.2, -0.15) is 0 Å². The lowest BCUT2D eigenvalue weighted by molar-refractivity contribution is -0.0709. The summed E-state index contributed by atoms with van der Waals surface area (Å²) in [5.74, 6) is 11.5. The maximum Gasteiger partial charge on any atom is 0.0852 e. The van der Waals surface area contributed by atoms with Gasteiger partial charge in [-0.15, -0.1) is 11.8 Å². The average molecular weight is 212 g/mol. The molecule has 0 saturated heterocycles. The Labute approximate surface area is 93.7 Å². The van der Waals surface area contributed by atoms with E-state index in [-0.39, 0.29) is 11.6 Å². The van der Waals surface area contributed by atoms with Crippen LogP contribution in [-0.2, 0) is 4.74 Å². The summed E-state index contributed by atoms with van der Waals surface area (Å²) < 4.78 is 5.87. The predicted octanol–water partition coefficient (Wildman–Crippen LogP) is 1.83. The molecule has 0 aliphatic rings. The number of hydrogen-bond acceptors (Lipinski definition) is 3. The van der Waals surface area contributed by atoms with Gasteiger partial charge < -0.3 is 4.74 Å². The van der Waals surface area contributed by atoms with Crippen LogP contribution < -0.4 is 11.3 Å². The summed E-state index contributed by atoms with van der Waals surface area (Å²) in [5, 5.41) is 0. The van der Waals surface area contributed by atoms with E-state index in [1.54, 1.807) is 0 Å². The Kier molecular flexibility index (Phi) is 7.41. The molecule has 0 radical (unpaired) electrons. The van der Waals surface area contributed by atoms with Gasteiger partial charge in [-0.3, -0.25) is 11.3 Å². The van der Waals surface area contributed by atoms with Crippen molar-refractivity contribution in [1.82, 2.24) is 5.43 Å². The van der Waals surface area contributed by atoms with E-state index in [2.05, 4.69) is 31.1 Å². The van der Waals surface area contributed by atoms with Gasteiger partial charge in [0, 0.05) is 13.0 Å². The highest BCUT2D eigenvalue weighted by molar-refractivity contribution is 5.03. The molecule has 15 heavy (non-hydrogen) atoms. The molecule has 3 nitrogen and oxygen atoms in total. The molecule has 0 aromatic carbocycles. The van der Waals surface area contributed by atoms with Crippen LogP contribution >= 0.6 is 0 Å². The van der Waals surface area contributed by atoms with Crippen molar-refractivity contribution in [2.45, 2.75) is 58.6 Å². The molecule has 88 valence electrons. The van der Waals surface area contributed by atoms with Crippen LogP contribution in [-0.4, -0.2) is 18.2 Å². The zero-order valence-electron chi connectivity index (χ0n) is 10.4. The van der Waals surface area contributed by atoms with E-state index in [1.165, 1.54) is 0 Å². The van der Waals surface area contributed by atoms with E-state index in [9.17, 15) is 0 Å². The highest BCUT2D eigenvalue weighted by Gasteiger charge is 2.35. The number of nitrogens with one attached hydrogen (secondary N) is 1. The van der Waals surface area contributed by atoms with Gasteiger partial charge in [0.1, 0.15) is 0 Å². The summed E-state index contributed by atoms with van der Waals surface area (Å²) in [7, 11) is 0. The molecule has 0 heterocycles. The third-order valence-electron chi connectivity index (χ3n) is 2.95. The van der Waals surface area contributed by atoms with Gasteiger partial charge in [-0.1, -0.05) is 13.8 Å². The molecule has 1 unspecified atom stereocenters. The monoisotopic (exact) mass is 212 g/mol. The fourth-order valence-corrected chi connectivity index (χ4v) is 1.94. The predicted molar refractivity (Wildman–Crippen MR) is 64.1 cm³/mol. The quantitative estimate of drug-likeness (QED) is 0.384. The maximum absolute atomic E-state index is 5.87. The van der Waals surface area contributed by atoms with Gasteiger partial charge in [0.15, 0.2) is 0 Å². The molecule has 0 spiro atoms. The highest BCUT2D eigenvalue weighted by Crippen LogP contribution is 2.26. The molecule has 0 aliphatic heterocycles. The van der Waals surface area contributed by atoms with Crippen LogP contribution in [0.5, 0.6) is 0 Å². The number of nitrogens with two attached hydrogens (primary N) is 1. The Hall–Kier alpha value is -0.560. The van der Waals surface area contributed by atoms with Gasteiger partial charge >= 0.3 is 0 Å². The van der Waals surface area contributed by atoms with Crippen LogP contribution in [0.3, 0.4) is 0 Å². The second kappa shape index (κ2) is 7.70. The third-order valence-corrected chi connectivity index (χ3v) is 2.95. The zero-order chi connectivity index (χ0) is 11.7. The van der Waals surface area contributed by atoms with Gasteiger partial charge in [0.25, 0.3) is 0 Å². The van der Waals surface area contributed by atoms with E-state index < -0.39 is 0 Å². The van der Waals surface area contributed by atoms with Crippen LogP contribution in [0.2, 0.25) is 0 Å². The van der Waals surface area contributed by atoms with Crippen LogP contribution in [0.15, 0.2) is 0 Å². The highest BCUT2D eigenvalue weighted by atomic mass is 16.5. The largest absolute Gasteiger partial charge is 0.374 e. The Bertz CT molecular complexity index is 213. The van der Waals surface area contributed by atoms with Crippen molar-refractivity contribution in [2.24, 2.45) is 5.84 Å². The molecule has 0 rings (SSSR count). The first-order valence-corrected chi connectivity index (χ1v) is 5.70. The SMILES string of the molecule is CC#CCC(NN)C(CC)(CC)OCC. The molecular formula is C12H24N2O. The molecule has 0 aliphatic carbocycles. The lowest BCUT2D eigenvalue weighted by atomic mass is 9.86. The second-order valence-electron chi connectivity index (χ2n) is 3.56. The zero-order valence-corrected chi connectivity index (χ0v) is 10.4. The number of hydrazine groups is 1. The van der Waals surface area contributed by atoms with Crippen LogP contribution in [0.25, 0.3) is 0 Å². The lowest BCUT2D eigenvalue weighted by Crippen LogP contribution is -2.54. The molecule has 3 N–H and O–H groups in total. The summed E-state index contributed by atoms with van der Waals surface area (Å²) >= 11 is 0. The fourth-order valence-electron chi connectivity index (χ4n) is 1.94. The Balaban J connectivity index is 4.70. The van der Waals surface area contributed by atoms with E-state index in [1.807, 2.05) is 13.8 Å². The fraction of sp³-hybridized carbons (Fsp3) is 0.833. The number of rotatable bonds is 7. The summed E-state index contributed by atoms with van der Waals surface area (Å²) in [6.07, 6.45) is 2.61. The second-order valence-corrected chi connectivity index (χ2v) is 3.56. The van der Waals surface area contributed by atoms with Crippen molar-refractivity contribution in [1.29, 1.82) is 0 Å². The Morgan fingerprint density at radius 1 is 1.33 bits per heavy atom. The summed E-state index contributed by atoms with van der Waals surface area (Å²) in [5.41, 5.74) is 2.65. The van der Waals surface area contributed by atoms with Gasteiger partial charge in [0.2, 0.25) is 0 Å². The third kappa shape index (κ3) is 3.83. The molecule has 0 amide bonds. The average Bonchev–Trinajstić information content (AvgIpc) is 2.28. The number of ether oxygens (including phenoxy) is 1. The Morgan fingerprint density at radius 2 is 1.93 bits per heavy atom. The van der Waals surface area contributed by atoms with E-state index >= 15 is 0 Å². The van der Waals surface area contributed by atoms with E-state index in [0.717, 1.165) is 19.3 Å². The molecule has 1 atom stereocenters. The smallest absolute Gasteiger partial charge is 0.0852 e. The molecule has 0 fully saturated rings. The molecule has 0 aromatic heterocycles. The minimum absolute atomic E-state index is 0.0971. The summed E-state index contributed by atoms with van der Waals surface area (Å²) in [6, 6.07) is 0.0971. The van der Waals surface area contributed by atoms with Crippen molar-refractivity contribution in [3.05, 3.63) is 0 Å². The standard InChI is InChI=1S/C12H24N2O/c1-5-9-10-11(14-13)12(6-2,7-3)15-8-4/h11,14H,6-8,10,13H2,1-4H3. The molecular weight excluding hydrogens is 188 g/mol. The summed E-state index contributed by atoms with van der Waals surface area (Å²) in [6.45, 7) is 8.82. The Morgan fingerprint density at radius 3 is 2.27 bits per heavy atom. The van der Waals surface area contributed by atoms with Crippen LogP contribution in [0.1, 0.15) is 47.0 Å². The summed E-state index contributed by atoms with van der Waals surface area (Å²) in [4.78, 5) is 0. The molecule has 0 aromatic rings. The van der Waals surface area contributed by atoms with Crippen molar-refractivity contribution >= 4 is 0 Å². The maximum atomic E-state index is 5.87. The van der Waals surface area contributed by atoms with Crippen LogP contribution in [0, 0.1) is 11.8 Å². The van der Waals surface area contributed by atoms with Crippen molar-refractivity contribution in [2.75, 3.05) is 6.61 Å². The normalized spacial score (nSPS) is 13.1.